The monoisotopic (exact) mass is 436 g/mol. The average Bonchev–Trinajstić information content (AvgIpc) is 3.07. The van der Waals surface area contributed by atoms with Gasteiger partial charge in [-0.25, -0.2) is 8.42 Å². The maximum Gasteiger partial charge on any atom is 0.215 e. The average molecular weight is 437 g/mol. The van der Waals surface area contributed by atoms with Crippen LogP contribution in [0.3, 0.4) is 0 Å². The van der Waals surface area contributed by atoms with Gasteiger partial charge in [0.05, 0.1) is 25.7 Å². The normalized spacial score (nSPS) is 28.7. The lowest BCUT2D eigenvalue weighted by molar-refractivity contribution is -0.128. The van der Waals surface area contributed by atoms with Gasteiger partial charge >= 0.3 is 0 Å². The van der Waals surface area contributed by atoms with Crippen molar-refractivity contribution in [2.75, 3.05) is 51.1 Å². The summed E-state index contributed by atoms with van der Waals surface area (Å²) in [5.41, 5.74) is -0.0258. The molecule has 1 heterocycles. The van der Waals surface area contributed by atoms with Gasteiger partial charge in [0.1, 0.15) is 17.3 Å². The zero-order valence-corrected chi connectivity index (χ0v) is 19.1. The molecule has 0 radical (unpaired) electrons. The lowest BCUT2D eigenvalue weighted by Crippen LogP contribution is -2.52. The van der Waals surface area contributed by atoms with Crippen LogP contribution in [0.15, 0.2) is 18.2 Å². The van der Waals surface area contributed by atoms with Gasteiger partial charge in [0, 0.05) is 44.1 Å². The second-order valence-electron chi connectivity index (χ2n) is 9.35. The summed E-state index contributed by atoms with van der Waals surface area (Å²) in [6.45, 7) is 6.14. The standard InChI is InChI=1S/C22H32N2O5S/c1-21(2)16-7-8-22(21,20(25)13-16)15-30(26,27)24-11-9-23(10-12-24)18-6-5-17(28-3)14-19(18)29-4/h5-6,14,16H,7-13,15H2,1-4H3/t16-,22?/m0/s1. The second kappa shape index (κ2) is 7.41. The van der Waals surface area contributed by atoms with E-state index >= 15 is 0 Å². The van der Waals surface area contributed by atoms with Crippen molar-refractivity contribution in [1.82, 2.24) is 4.31 Å². The van der Waals surface area contributed by atoms with Crippen LogP contribution in [0, 0.1) is 16.7 Å². The van der Waals surface area contributed by atoms with Crippen LogP contribution in [0.1, 0.15) is 33.1 Å². The van der Waals surface area contributed by atoms with Crippen molar-refractivity contribution in [2.24, 2.45) is 16.7 Å². The van der Waals surface area contributed by atoms with Gasteiger partial charge in [-0.3, -0.25) is 4.79 Å². The highest BCUT2D eigenvalue weighted by Gasteiger charge is 2.65. The van der Waals surface area contributed by atoms with Gasteiger partial charge in [-0.15, -0.1) is 0 Å². The summed E-state index contributed by atoms with van der Waals surface area (Å²) < 4.78 is 39.0. The molecule has 1 saturated heterocycles. The third-order valence-electron chi connectivity index (χ3n) is 7.93. The van der Waals surface area contributed by atoms with Crippen molar-refractivity contribution in [2.45, 2.75) is 33.1 Å². The third kappa shape index (κ3) is 3.19. The number of hydrogen-bond acceptors (Lipinski definition) is 6. The number of carbonyl (C=O) groups excluding carboxylic acids is 1. The molecular weight excluding hydrogens is 404 g/mol. The number of Topliss-reactive ketones (excluding diaryl/α,β-unsaturated/α-hetero) is 1. The summed E-state index contributed by atoms with van der Waals surface area (Å²) in [5, 5.41) is 0. The van der Waals surface area contributed by atoms with Gasteiger partial charge in [0.2, 0.25) is 10.0 Å². The van der Waals surface area contributed by atoms with E-state index < -0.39 is 15.4 Å². The molecule has 4 rings (SSSR count). The maximum atomic E-state index is 13.3. The van der Waals surface area contributed by atoms with Crippen LogP contribution < -0.4 is 14.4 Å². The van der Waals surface area contributed by atoms with Gasteiger partial charge in [0.25, 0.3) is 0 Å². The molecule has 1 aliphatic heterocycles. The molecule has 1 unspecified atom stereocenters. The minimum Gasteiger partial charge on any atom is -0.497 e. The molecule has 1 aromatic rings. The summed E-state index contributed by atoms with van der Waals surface area (Å²) in [6, 6.07) is 5.66. The van der Waals surface area contributed by atoms with Crippen molar-refractivity contribution >= 4 is 21.5 Å². The van der Waals surface area contributed by atoms with Crippen LogP contribution in [0.4, 0.5) is 5.69 Å². The van der Waals surface area contributed by atoms with Crippen molar-refractivity contribution in [1.29, 1.82) is 0 Å². The Hall–Kier alpha value is -1.80. The first kappa shape index (κ1) is 21.4. The highest BCUT2D eigenvalue weighted by Crippen LogP contribution is 2.64. The lowest BCUT2D eigenvalue weighted by Gasteiger charge is -2.40. The Morgan fingerprint density at radius 3 is 2.33 bits per heavy atom. The number of piperazine rings is 1. The molecule has 0 aromatic heterocycles. The number of carbonyl (C=O) groups is 1. The second-order valence-corrected chi connectivity index (χ2v) is 11.3. The summed E-state index contributed by atoms with van der Waals surface area (Å²) >= 11 is 0. The molecule has 3 aliphatic rings. The fraction of sp³-hybridized carbons (Fsp3) is 0.682. The van der Waals surface area contributed by atoms with Gasteiger partial charge in [-0.05, 0) is 36.3 Å². The number of benzene rings is 1. The van der Waals surface area contributed by atoms with E-state index in [-0.39, 0.29) is 17.0 Å². The van der Waals surface area contributed by atoms with Crippen LogP contribution >= 0.6 is 0 Å². The molecule has 166 valence electrons. The van der Waals surface area contributed by atoms with Crippen molar-refractivity contribution < 1.29 is 22.7 Å². The zero-order chi connectivity index (χ0) is 21.7. The number of anilines is 1. The molecule has 0 amide bonds. The van der Waals surface area contributed by atoms with Crippen LogP contribution in [-0.2, 0) is 14.8 Å². The van der Waals surface area contributed by atoms with E-state index in [9.17, 15) is 13.2 Å². The molecule has 0 spiro atoms. The number of ketones is 1. The zero-order valence-electron chi connectivity index (χ0n) is 18.3. The smallest absolute Gasteiger partial charge is 0.215 e. The molecule has 2 bridgehead atoms. The summed E-state index contributed by atoms with van der Waals surface area (Å²) in [4.78, 5) is 14.9. The van der Waals surface area contributed by atoms with E-state index in [0.717, 1.165) is 17.9 Å². The van der Waals surface area contributed by atoms with Crippen molar-refractivity contribution in [3.8, 4) is 11.5 Å². The van der Waals surface area contributed by atoms with Crippen molar-refractivity contribution in [3.63, 3.8) is 0 Å². The first-order valence-corrected chi connectivity index (χ1v) is 12.2. The largest absolute Gasteiger partial charge is 0.497 e. The fourth-order valence-corrected chi connectivity index (χ4v) is 7.97. The maximum absolute atomic E-state index is 13.3. The highest BCUT2D eigenvalue weighted by molar-refractivity contribution is 7.89. The van der Waals surface area contributed by atoms with Gasteiger partial charge in [-0.2, -0.15) is 4.31 Å². The molecule has 2 aliphatic carbocycles. The molecule has 2 atom stereocenters. The van der Waals surface area contributed by atoms with Crippen molar-refractivity contribution in [3.05, 3.63) is 18.2 Å². The number of hydrogen-bond donors (Lipinski definition) is 0. The van der Waals surface area contributed by atoms with E-state index in [1.165, 1.54) is 0 Å². The Balaban J connectivity index is 1.47. The van der Waals surface area contributed by atoms with E-state index in [2.05, 4.69) is 18.7 Å². The quantitative estimate of drug-likeness (QED) is 0.682. The van der Waals surface area contributed by atoms with Gasteiger partial charge in [0.15, 0.2) is 0 Å². The van der Waals surface area contributed by atoms with E-state index in [1.54, 1.807) is 18.5 Å². The Kier molecular flexibility index (Phi) is 5.29. The van der Waals surface area contributed by atoms with Gasteiger partial charge in [-0.1, -0.05) is 13.8 Å². The van der Waals surface area contributed by atoms with E-state index in [4.69, 9.17) is 9.47 Å². The number of methoxy groups -OCH3 is 2. The molecule has 30 heavy (non-hydrogen) atoms. The van der Waals surface area contributed by atoms with Crippen LogP contribution in [0.2, 0.25) is 0 Å². The molecule has 2 saturated carbocycles. The van der Waals surface area contributed by atoms with Crippen LogP contribution in [0.5, 0.6) is 11.5 Å². The highest BCUT2D eigenvalue weighted by atomic mass is 32.2. The minimum atomic E-state index is -3.51. The molecule has 0 N–H and O–H groups in total. The van der Waals surface area contributed by atoms with E-state index in [0.29, 0.717) is 50.7 Å². The fourth-order valence-electron chi connectivity index (χ4n) is 5.76. The first-order chi connectivity index (χ1) is 14.1. The molecule has 8 heteroatoms. The predicted molar refractivity (Wildman–Crippen MR) is 116 cm³/mol. The summed E-state index contributed by atoms with van der Waals surface area (Å²) in [6.07, 6.45) is 2.19. The molecule has 1 aromatic carbocycles. The number of rotatable bonds is 6. The lowest BCUT2D eigenvalue weighted by atomic mass is 9.70. The van der Waals surface area contributed by atoms with Crippen LogP contribution in [-0.4, -0.2) is 64.7 Å². The number of sulfonamides is 1. The number of fused-ring (bicyclic) bond motifs is 2. The molecular formula is C22H32N2O5S. The SMILES string of the molecule is COc1ccc(N2CCN(S(=O)(=O)CC34CC[C@@H](CC3=O)C4(C)C)CC2)c(OC)c1. The predicted octanol–water partition coefficient (Wildman–Crippen LogP) is 2.55. The molecule has 7 nitrogen and oxygen atoms in total. The van der Waals surface area contributed by atoms with E-state index in [1.807, 2.05) is 18.2 Å². The summed E-state index contributed by atoms with van der Waals surface area (Å²) in [7, 11) is -0.282. The Morgan fingerprint density at radius 1 is 1.10 bits per heavy atom. The minimum absolute atomic E-state index is 0.0474. The van der Waals surface area contributed by atoms with Crippen LogP contribution in [0.25, 0.3) is 0 Å². The first-order valence-electron chi connectivity index (χ1n) is 10.6. The topological polar surface area (TPSA) is 76.2 Å². The Bertz CT molecular complexity index is 937. The number of nitrogens with zero attached hydrogens (tertiary/aromatic N) is 2. The van der Waals surface area contributed by atoms with Gasteiger partial charge < -0.3 is 14.4 Å². The molecule has 3 fully saturated rings. The number of ether oxygens (including phenoxy) is 2. The summed E-state index contributed by atoms with van der Waals surface area (Å²) in [5.74, 6) is 1.84. The Labute approximate surface area is 179 Å². The third-order valence-corrected chi connectivity index (χ3v) is 9.94. The Morgan fingerprint density at radius 2 is 1.80 bits per heavy atom.